The van der Waals surface area contributed by atoms with Crippen molar-refractivity contribution >= 4 is 35.0 Å². The molecule has 0 saturated carbocycles. The van der Waals surface area contributed by atoms with Gasteiger partial charge in [0.05, 0.1) is 36.9 Å². The maximum absolute atomic E-state index is 12.3. The van der Waals surface area contributed by atoms with E-state index < -0.39 is 5.91 Å². The van der Waals surface area contributed by atoms with Crippen molar-refractivity contribution in [2.75, 3.05) is 53.0 Å². The van der Waals surface area contributed by atoms with Crippen molar-refractivity contribution in [2.24, 2.45) is 0 Å². The molecule has 0 spiro atoms. The van der Waals surface area contributed by atoms with Crippen molar-refractivity contribution < 1.29 is 19.1 Å². The number of morpholine rings is 1. The lowest BCUT2D eigenvalue weighted by molar-refractivity contribution is -0.120. The molecule has 0 atom stereocenters. The number of ether oxygens (including phenoxy) is 2. The number of hydrogen-bond acceptors (Lipinski definition) is 5. The van der Waals surface area contributed by atoms with Crippen LogP contribution in [0.1, 0.15) is 10.4 Å². The van der Waals surface area contributed by atoms with Gasteiger partial charge in [0.25, 0.3) is 5.91 Å². The molecular weight excluding hydrogens is 369 g/mol. The number of rotatable bonds is 7. The van der Waals surface area contributed by atoms with Gasteiger partial charge in [-0.3, -0.25) is 14.5 Å². The van der Waals surface area contributed by atoms with E-state index in [9.17, 15) is 9.59 Å². The second kappa shape index (κ2) is 9.82. The highest BCUT2D eigenvalue weighted by atomic mass is 35.5. The summed E-state index contributed by atoms with van der Waals surface area (Å²) in [6.07, 6.45) is 0. The van der Waals surface area contributed by atoms with Crippen molar-refractivity contribution in [3.8, 4) is 5.75 Å². The van der Waals surface area contributed by atoms with Crippen LogP contribution in [0.3, 0.4) is 0 Å². The monoisotopic (exact) mass is 389 g/mol. The largest absolute Gasteiger partial charge is 0.494 e. The molecule has 1 heterocycles. The van der Waals surface area contributed by atoms with Gasteiger partial charge in [-0.25, -0.2) is 0 Å². The van der Waals surface area contributed by atoms with Gasteiger partial charge in [-0.15, -0.1) is 0 Å². The highest BCUT2D eigenvalue weighted by Crippen LogP contribution is 2.33. The van der Waals surface area contributed by atoms with Crippen LogP contribution >= 0.6 is 23.2 Å². The first-order valence-corrected chi connectivity index (χ1v) is 8.65. The van der Waals surface area contributed by atoms with Crippen molar-refractivity contribution in [1.29, 1.82) is 0 Å². The molecule has 0 aromatic heterocycles. The summed E-state index contributed by atoms with van der Waals surface area (Å²) in [6, 6.07) is 3.04. The zero-order valence-electron chi connectivity index (χ0n) is 13.9. The Morgan fingerprint density at radius 1 is 1.20 bits per heavy atom. The van der Waals surface area contributed by atoms with Gasteiger partial charge >= 0.3 is 0 Å². The summed E-state index contributed by atoms with van der Waals surface area (Å²) in [5.74, 6) is -0.620. The third-order valence-electron chi connectivity index (χ3n) is 3.75. The van der Waals surface area contributed by atoms with Crippen LogP contribution in [0.4, 0.5) is 0 Å². The van der Waals surface area contributed by atoms with Gasteiger partial charge in [0.15, 0.2) is 5.75 Å². The second-order valence-corrected chi connectivity index (χ2v) is 6.24. The first-order chi connectivity index (χ1) is 12.0. The molecule has 25 heavy (non-hydrogen) atoms. The minimum atomic E-state index is -0.521. The fourth-order valence-electron chi connectivity index (χ4n) is 2.43. The van der Waals surface area contributed by atoms with Crippen molar-refractivity contribution in [3.05, 3.63) is 27.7 Å². The van der Waals surface area contributed by atoms with Gasteiger partial charge < -0.3 is 20.1 Å². The van der Waals surface area contributed by atoms with E-state index in [0.29, 0.717) is 19.8 Å². The van der Waals surface area contributed by atoms with Gasteiger partial charge in [0.2, 0.25) is 5.91 Å². The summed E-state index contributed by atoms with van der Waals surface area (Å²) in [7, 11) is 1.40. The predicted octanol–water partition coefficient (Wildman–Crippen LogP) is 1.18. The standard InChI is InChI=1S/C16H21Cl2N3O4/c1-24-15-12(18)3-2-11(17)14(15)16(23)20-10-13(22)19-4-5-21-6-8-25-9-7-21/h2-3H,4-10H2,1H3,(H,19,22)(H,20,23). The third kappa shape index (κ3) is 5.74. The maximum atomic E-state index is 12.3. The SMILES string of the molecule is COc1c(Cl)ccc(Cl)c1C(=O)NCC(=O)NCCN1CCOCC1. The zero-order chi connectivity index (χ0) is 18.2. The number of carbonyl (C=O) groups is 2. The topological polar surface area (TPSA) is 79.9 Å². The number of carbonyl (C=O) groups excluding carboxylic acids is 2. The first kappa shape index (κ1) is 19.8. The molecule has 1 aromatic rings. The number of nitrogens with zero attached hydrogens (tertiary/aromatic N) is 1. The van der Waals surface area contributed by atoms with Crippen LogP contribution in [0, 0.1) is 0 Å². The van der Waals surface area contributed by atoms with Crippen molar-refractivity contribution in [1.82, 2.24) is 15.5 Å². The molecule has 1 aliphatic rings. The third-order valence-corrected chi connectivity index (χ3v) is 4.37. The van der Waals surface area contributed by atoms with E-state index in [-0.39, 0.29) is 33.8 Å². The molecule has 1 fully saturated rings. The van der Waals surface area contributed by atoms with Crippen LogP contribution in [-0.2, 0) is 9.53 Å². The smallest absolute Gasteiger partial charge is 0.257 e. The minimum absolute atomic E-state index is 0.109. The normalized spacial score (nSPS) is 14.8. The molecular formula is C16H21Cl2N3O4. The Morgan fingerprint density at radius 2 is 1.88 bits per heavy atom. The molecule has 7 nitrogen and oxygen atoms in total. The number of hydrogen-bond donors (Lipinski definition) is 2. The van der Waals surface area contributed by atoms with Gasteiger partial charge in [-0.2, -0.15) is 0 Å². The molecule has 9 heteroatoms. The van der Waals surface area contributed by atoms with Crippen LogP contribution in [0.25, 0.3) is 0 Å². The molecule has 0 unspecified atom stereocenters. The highest BCUT2D eigenvalue weighted by Gasteiger charge is 2.20. The fraction of sp³-hybridized carbons (Fsp3) is 0.500. The summed E-state index contributed by atoms with van der Waals surface area (Å²) < 4.78 is 10.4. The van der Waals surface area contributed by atoms with Crippen LogP contribution in [0.5, 0.6) is 5.75 Å². The number of halogens is 2. The van der Waals surface area contributed by atoms with E-state index in [1.165, 1.54) is 19.2 Å². The molecule has 1 aliphatic heterocycles. The van der Waals surface area contributed by atoms with Crippen LogP contribution in [0.2, 0.25) is 10.0 Å². The zero-order valence-corrected chi connectivity index (χ0v) is 15.5. The Morgan fingerprint density at radius 3 is 2.56 bits per heavy atom. The second-order valence-electron chi connectivity index (χ2n) is 5.42. The summed E-state index contributed by atoms with van der Waals surface area (Å²) in [5, 5.41) is 5.76. The van der Waals surface area contributed by atoms with Crippen molar-refractivity contribution in [3.63, 3.8) is 0 Å². The lowest BCUT2D eigenvalue weighted by Crippen LogP contribution is -2.43. The summed E-state index contributed by atoms with van der Waals surface area (Å²) >= 11 is 12.0. The van der Waals surface area contributed by atoms with Gasteiger partial charge in [0, 0.05) is 26.2 Å². The van der Waals surface area contributed by atoms with Gasteiger partial charge in [-0.05, 0) is 12.1 Å². The number of methoxy groups -OCH3 is 1. The molecule has 2 rings (SSSR count). The van der Waals surface area contributed by atoms with E-state index in [1.807, 2.05) is 0 Å². The van der Waals surface area contributed by atoms with Crippen LogP contribution in [0.15, 0.2) is 12.1 Å². The predicted molar refractivity (Wildman–Crippen MR) is 95.6 cm³/mol. The van der Waals surface area contributed by atoms with Crippen LogP contribution in [-0.4, -0.2) is 69.8 Å². The lowest BCUT2D eigenvalue weighted by atomic mass is 10.2. The molecule has 0 radical (unpaired) electrons. The number of nitrogens with one attached hydrogen (secondary N) is 2. The maximum Gasteiger partial charge on any atom is 0.257 e. The Bertz CT molecular complexity index is 622. The number of benzene rings is 1. The fourth-order valence-corrected chi connectivity index (χ4v) is 2.90. The highest BCUT2D eigenvalue weighted by molar-refractivity contribution is 6.37. The summed E-state index contributed by atoms with van der Waals surface area (Å²) in [6.45, 7) is 4.25. The Kier molecular flexibility index (Phi) is 7.77. The van der Waals surface area contributed by atoms with E-state index in [1.54, 1.807) is 0 Å². The minimum Gasteiger partial charge on any atom is -0.494 e. The van der Waals surface area contributed by atoms with Crippen LogP contribution < -0.4 is 15.4 Å². The average Bonchev–Trinajstić information content (AvgIpc) is 2.62. The molecule has 1 aromatic carbocycles. The molecule has 0 bridgehead atoms. The lowest BCUT2D eigenvalue weighted by Gasteiger charge is -2.26. The molecule has 2 amide bonds. The summed E-state index contributed by atoms with van der Waals surface area (Å²) in [5.41, 5.74) is 0.109. The summed E-state index contributed by atoms with van der Waals surface area (Å²) in [4.78, 5) is 26.4. The van der Waals surface area contributed by atoms with E-state index in [4.69, 9.17) is 32.7 Å². The molecule has 0 aliphatic carbocycles. The molecule has 2 N–H and O–H groups in total. The quantitative estimate of drug-likeness (QED) is 0.731. The van der Waals surface area contributed by atoms with E-state index in [0.717, 1.165) is 19.6 Å². The molecule has 1 saturated heterocycles. The Balaban J connectivity index is 1.79. The van der Waals surface area contributed by atoms with Gasteiger partial charge in [-0.1, -0.05) is 23.2 Å². The van der Waals surface area contributed by atoms with E-state index >= 15 is 0 Å². The van der Waals surface area contributed by atoms with E-state index in [2.05, 4.69) is 15.5 Å². The van der Waals surface area contributed by atoms with Crippen molar-refractivity contribution in [2.45, 2.75) is 0 Å². The Hall–Kier alpha value is -1.54. The number of amides is 2. The van der Waals surface area contributed by atoms with Gasteiger partial charge in [0.1, 0.15) is 5.56 Å². The Labute approximate surface area is 156 Å². The average molecular weight is 390 g/mol. The first-order valence-electron chi connectivity index (χ1n) is 7.90. The molecule has 138 valence electrons.